The van der Waals surface area contributed by atoms with E-state index in [-0.39, 0.29) is 18.9 Å². The van der Waals surface area contributed by atoms with Crippen molar-refractivity contribution in [1.29, 1.82) is 5.41 Å². The number of hydrogen-bond donors (Lipinski definition) is 3. The first-order valence-electron chi connectivity index (χ1n) is 2.99. The summed E-state index contributed by atoms with van der Waals surface area (Å²) in [7, 11) is -0.426. The van der Waals surface area contributed by atoms with Gasteiger partial charge in [-0.3, -0.25) is 0 Å². The van der Waals surface area contributed by atoms with Crippen molar-refractivity contribution in [2.24, 2.45) is 5.73 Å². The Morgan fingerprint density at radius 3 is 2.67 bits per heavy atom. The molecule has 12 heavy (non-hydrogen) atoms. The van der Waals surface area contributed by atoms with Crippen molar-refractivity contribution in [2.75, 3.05) is 6.54 Å². The van der Waals surface area contributed by atoms with Crippen molar-refractivity contribution in [1.82, 2.24) is 4.90 Å². The number of nitrogens with zero attached hydrogens (tertiary/aromatic N) is 1. The third-order valence-electron chi connectivity index (χ3n) is 1.00. The fourth-order valence-electron chi connectivity index (χ4n) is 0.481. The zero-order chi connectivity index (χ0) is 9.56. The molecule has 0 saturated carbocycles. The van der Waals surface area contributed by atoms with Gasteiger partial charge in [0.15, 0.2) is 0 Å². The van der Waals surface area contributed by atoms with Crippen LogP contribution in [0.2, 0.25) is 0 Å². The van der Waals surface area contributed by atoms with Crippen molar-refractivity contribution < 1.29 is 14.5 Å². The van der Waals surface area contributed by atoms with E-state index >= 15 is 0 Å². The third kappa shape index (κ3) is 4.55. The first-order valence-corrected chi connectivity index (χ1v) is 3.80. The predicted molar refractivity (Wildman–Crippen MR) is 42.4 cm³/mol. The third-order valence-corrected chi connectivity index (χ3v) is 1.32. The molecule has 0 aliphatic carbocycles. The van der Waals surface area contributed by atoms with Gasteiger partial charge in [0.2, 0.25) is 0 Å². The summed E-state index contributed by atoms with van der Waals surface area (Å²) in [6.07, 6.45) is -0.178. The summed E-state index contributed by atoms with van der Waals surface area (Å²) >= 11 is 0. The van der Waals surface area contributed by atoms with E-state index in [2.05, 4.69) is 5.75 Å². The van der Waals surface area contributed by atoms with E-state index < -0.39 is 13.9 Å². The Morgan fingerprint density at radius 2 is 2.33 bits per heavy atom. The molecule has 0 rings (SSSR count). The van der Waals surface area contributed by atoms with Gasteiger partial charge in [-0.25, -0.2) is 0 Å². The molecular weight excluding hydrogens is 181 g/mol. The van der Waals surface area contributed by atoms with Crippen molar-refractivity contribution in [3.05, 3.63) is 0 Å². The number of nitrogens with two attached hydrogens (primary N) is 1. The number of guanidine groups is 1. The molecule has 0 aliphatic rings. The summed E-state index contributed by atoms with van der Waals surface area (Å²) in [6, 6.07) is 0. The zero-order valence-corrected chi connectivity index (χ0v) is 7.04. The van der Waals surface area contributed by atoms with Crippen LogP contribution in [0.25, 0.3) is 0 Å². The Bertz CT molecular complexity index is 283. The van der Waals surface area contributed by atoms with Gasteiger partial charge in [-0.2, -0.15) is 0 Å². The Hall–Kier alpha value is -1.25. The van der Waals surface area contributed by atoms with Crippen molar-refractivity contribution in [3.63, 3.8) is 0 Å². The van der Waals surface area contributed by atoms with Gasteiger partial charge in [0.05, 0.1) is 0 Å². The number of carbonyl (C=O) groups is 1. The van der Waals surface area contributed by atoms with Crippen LogP contribution >= 0.6 is 7.92 Å². The molecule has 0 heterocycles. The first kappa shape index (κ1) is 10.8. The maximum absolute atomic E-state index is 10.1. The van der Waals surface area contributed by atoms with Gasteiger partial charge in [-0.1, -0.05) is 0 Å². The molecule has 0 radical (unpaired) electrons. The van der Waals surface area contributed by atoms with Gasteiger partial charge in [-0.15, -0.1) is 0 Å². The summed E-state index contributed by atoms with van der Waals surface area (Å²) in [4.78, 5) is 11.1. The predicted octanol–water partition coefficient (Wildman–Crippen LogP) is -0.135. The average molecular weight is 189 g/mol. The van der Waals surface area contributed by atoms with E-state index in [1.807, 2.05) is 0 Å². The van der Waals surface area contributed by atoms with Crippen LogP contribution in [-0.4, -0.2) is 28.5 Å². The molecular formula is C5H8N3O3P. The molecule has 6 nitrogen and oxygen atoms in total. The van der Waals surface area contributed by atoms with Gasteiger partial charge >= 0.3 is 69.1 Å². The molecule has 0 amide bonds. The molecule has 0 unspecified atom stereocenters. The molecule has 0 bridgehead atoms. The number of nitrogens with one attached hydrogen (secondary N) is 1. The van der Waals surface area contributed by atoms with Gasteiger partial charge in [-0.05, 0) is 0 Å². The molecule has 0 aromatic heterocycles. The Labute approximate surface area is 70.0 Å². The minimum absolute atomic E-state index is 0.0000926. The SMILES string of the molecule is N=C(N)N(C#P=O)CCC(=O)O. The fraction of sp³-hybridized carbons (Fsp3) is 0.400. The Morgan fingerprint density at radius 1 is 1.75 bits per heavy atom. The molecule has 0 fully saturated rings. The first-order chi connectivity index (χ1) is 5.57. The quantitative estimate of drug-likeness (QED) is 0.248. The van der Waals surface area contributed by atoms with E-state index in [4.69, 9.17) is 16.2 Å². The molecule has 0 aliphatic heterocycles. The van der Waals surface area contributed by atoms with Gasteiger partial charge in [0.25, 0.3) is 0 Å². The molecule has 0 aromatic rings. The van der Waals surface area contributed by atoms with E-state index in [0.717, 1.165) is 4.90 Å². The second kappa shape index (κ2) is 5.41. The fourth-order valence-corrected chi connectivity index (χ4v) is 0.787. The van der Waals surface area contributed by atoms with Crippen LogP contribution in [0.3, 0.4) is 0 Å². The maximum atomic E-state index is 10.1. The molecule has 0 aromatic carbocycles. The summed E-state index contributed by atoms with van der Waals surface area (Å²) in [5.41, 5.74) is 5.02. The van der Waals surface area contributed by atoms with Crippen LogP contribution in [0.5, 0.6) is 0 Å². The number of carboxylic acids is 1. The Kier molecular flexibility index (Phi) is 4.84. The average Bonchev–Trinajstić information content (AvgIpc) is 1.96. The van der Waals surface area contributed by atoms with Crippen molar-refractivity contribution in [3.8, 4) is 5.75 Å². The summed E-state index contributed by atoms with van der Waals surface area (Å²) in [5.74, 6) is 0.790. The van der Waals surface area contributed by atoms with E-state index in [1.54, 1.807) is 0 Å². The summed E-state index contributed by atoms with van der Waals surface area (Å²) in [5, 5.41) is 15.2. The van der Waals surface area contributed by atoms with E-state index in [0.29, 0.717) is 0 Å². The summed E-state index contributed by atoms with van der Waals surface area (Å²) < 4.78 is 10.0. The van der Waals surface area contributed by atoms with Crippen molar-refractivity contribution >= 4 is 19.8 Å². The number of rotatable bonds is 3. The van der Waals surface area contributed by atoms with Crippen LogP contribution in [0.1, 0.15) is 6.42 Å². The molecule has 7 heteroatoms. The minimum atomic E-state index is -1.01. The standard InChI is InChI=1S/C5H8N3O3P/c6-5(7)8(3-12-11)2-1-4(9)10/h1-2H2,(H3,6,7)(H,9,10). The second-order valence-corrected chi connectivity index (χ2v) is 2.25. The number of aliphatic carboxylic acids is 1. The molecule has 0 atom stereocenters. The van der Waals surface area contributed by atoms with Crippen LogP contribution in [0.15, 0.2) is 0 Å². The van der Waals surface area contributed by atoms with Crippen LogP contribution in [0.4, 0.5) is 0 Å². The monoisotopic (exact) mass is 189 g/mol. The van der Waals surface area contributed by atoms with Gasteiger partial charge < -0.3 is 0 Å². The van der Waals surface area contributed by atoms with E-state index in [9.17, 15) is 9.36 Å². The summed E-state index contributed by atoms with van der Waals surface area (Å²) in [6.45, 7) is -0.0000926. The van der Waals surface area contributed by atoms with Crippen LogP contribution in [0, 0.1) is 11.2 Å². The zero-order valence-electron chi connectivity index (χ0n) is 6.15. The normalized spacial score (nSPS) is 8.33. The molecule has 4 N–H and O–H groups in total. The van der Waals surface area contributed by atoms with Gasteiger partial charge in [0, 0.05) is 0 Å². The Balaban J connectivity index is 4.12. The number of hydrogen-bond acceptors (Lipinski definition) is 3. The van der Waals surface area contributed by atoms with Crippen LogP contribution < -0.4 is 5.73 Å². The second-order valence-electron chi connectivity index (χ2n) is 1.87. The molecule has 0 saturated heterocycles. The topological polar surface area (TPSA) is 107 Å². The number of carboxylic acid groups (broad SMARTS) is 1. The molecule has 66 valence electrons. The molecule has 0 spiro atoms. The van der Waals surface area contributed by atoms with Gasteiger partial charge in [0.1, 0.15) is 0 Å². The van der Waals surface area contributed by atoms with Crippen molar-refractivity contribution in [2.45, 2.75) is 6.42 Å². The van der Waals surface area contributed by atoms with E-state index in [1.165, 1.54) is 0 Å². The van der Waals surface area contributed by atoms with Crippen LogP contribution in [-0.2, 0) is 9.36 Å².